The Morgan fingerprint density at radius 3 is 2.85 bits per heavy atom. The van der Waals surface area contributed by atoms with E-state index in [0.29, 0.717) is 24.4 Å². The summed E-state index contributed by atoms with van der Waals surface area (Å²) in [5.74, 6) is 0.560. The molecule has 0 saturated carbocycles. The number of fused-ring (bicyclic) bond motifs is 3. The van der Waals surface area contributed by atoms with Crippen LogP contribution in [0.3, 0.4) is 0 Å². The summed E-state index contributed by atoms with van der Waals surface area (Å²) in [7, 11) is 1.58. The smallest absolute Gasteiger partial charge is 0.407 e. The molecule has 0 radical (unpaired) electrons. The molecule has 2 unspecified atom stereocenters. The highest BCUT2D eigenvalue weighted by Gasteiger charge is 2.42. The normalized spacial score (nSPS) is 23.9. The van der Waals surface area contributed by atoms with Crippen LogP contribution < -0.4 is 10.1 Å². The maximum absolute atomic E-state index is 12.2. The van der Waals surface area contributed by atoms with Gasteiger partial charge in [-0.1, -0.05) is 0 Å². The summed E-state index contributed by atoms with van der Waals surface area (Å²) in [6.07, 6.45) is -0.949. The summed E-state index contributed by atoms with van der Waals surface area (Å²) in [5.41, 5.74) is 2.39. The van der Waals surface area contributed by atoms with Crippen LogP contribution in [0.4, 0.5) is 4.79 Å². The highest BCUT2D eigenvalue weighted by Crippen LogP contribution is 2.37. The van der Waals surface area contributed by atoms with Crippen LogP contribution in [0.2, 0.25) is 0 Å². The molecular weight excluding hydrogens is 260 g/mol. The van der Waals surface area contributed by atoms with E-state index in [1.54, 1.807) is 7.11 Å². The molecule has 1 fully saturated rings. The van der Waals surface area contributed by atoms with Crippen LogP contribution in [0.5, 0.6) is 5.75 Å². The molecule has 1 aromatic rings. The highest BCUT2D eigenvalue weighted by molar-refractivity contribution is 5.99. The van der Waals surface area contributed by atoms with Crippen molar-refractivity contribution in [2.75, 3.05) is 20.2 Å². The van der Waals surface area contributed by atoms with Gasteiger partial charge in [0.2, 0.25) is 0 Å². The molecule has 6 heteroatoms. The number of benzene rings is 1. The Labute approximate surface area is 116 Å². The second kappa shape index (κ2) is 4.40. The van der Waals surface area contributed by atoms with Gasteiger partial charge in [-0.05, 0) is 30.2 Å². The lowest BCUT2D eigenvalue weighted by Gasteiger charge is -2.29. The third-order valence-electron chi connectivity index (χ3n) is 4.11. The molecule has 20 heavy (non-hydrogen) atoms. The number of carboxylic acid groups (broad SMARTS) is 1. The predicted octanol–water partition coefficient (Wildman–Crippen LogP) is 1.19. The number of amides is 2. The third kappa shape index (κ3) is 1.79. The average Bonchev–Trinajstić information content (AvgIpc) is 2.82. The van der Waals surface area contributed by atoms with Crippen molar-refractivity contribution >= 4 is 12.0 Å². The topological polar surface area (TPSA) is 78.9 Å². The Kier molecular flexibility index (Phi) is 2.81. The van der Waals surface area contributed by atoms with Gasteiger partial charge in [0.15, 0.2) is 0 Å². The molecule has 2 N–H and O–H groups in total. The number of hydrogen-bond donors (Lipinski definition) is 2. The number of nitrogens with one attached hydrogen (secondary N) is 1. The van der Waals surface area contributed by atoms with E-state index in [1.165, 1.54) is 4.90 Å². The van der Waals surface area contributed by atoms with Crippen LogP contribution in [0.15, 0.2) is 12.1 Å². The molecule has 2 aliphatic heterocycles. The predicted molar refractivity (Wildman–Crippen MR) is 71.3 cm³/mol. The Balaban J connectivity index is 2.07. The van der Waals surface area contributed by atoms with Crippen LogP contribution >= 0.6 is 0 Å². The molecule has 2 atom stereocenters. The molecule has 0 aromatic heterocycles. The summed E-state index contributed by atoms with van der Waals surface area (Å²) in [6, 6.07) is 3.52. The van der Waals surface area contributed by atoms with Gasteiger partial charge >= 0.3 is 6.09 Å². The molecule has 0 bridgehead atoms. The van der Waals surface area contributed by atoms with Gasteiger partial charge < -0.3 is 20.1 Å². The lowest BCUT2D eigenvalue weighted by Crippen LogP contribution is -2.44. The molecule has 3 rings (SSSR count). The molecule has 0 aliphatic carbocycles. The molecule has 0 spiro atoms. The van der Waals surface area contributed by atoms with Gasteiger partial charge in [0.05, 0.1) is 13.2 Å². The summed E-state index contributed by atoms with van der Waals surface area (Å²) in [5, 5.41) is 12.0. The number of ether oxygens (including phenoxy) is 1. The fraction of sp³-hybridized carbons (Fsp3) is 0.429. The average molecular weight is 276 g/mol. The van der Waals surface area contributed by atoms with Gasteiger partial charge in [-0.3, -0.25) is 4.79 Å². The zero-order chi connectivity index (χ0) is 14.4. The molecule has 6 nitrogen and oxygen atoms in total. The van der Waals surface area contributed by atoms with Gasteiger partial charge in [0, 0.05) is 24.6 Å². The first kappa shape index (κ1) is 12.8. The van der Waals surface area contributed by atoms with E-state index < -0.39 is 6.09 Å². The fourth-order valence-electron chi connectivity index (χ4n) is 3.16. The van der Waals surface area contributed by atoms with E-state index in [2.05, 4.69) is 5.32 Å². The zero-order valence-corrected chi connectivity index (χ0v) is 11.3. The Morgan fingerprint density at radius 1 is 1.45 bits per heavy atom. The van der Waals surface area contributed by atoms with Crippen LogP contribution in [0.25, 0.3) is 0 Å². The van der Waals surface area contributed by atoms with Crippen molar-refractivity contribution < 1.29 is 19.4 Å². The van der Waals surface area contributed by atoms with Gasteiger partial charge in [-0.2, -0.15) is 0 Å². The van der Waals surface area contributed by atoms with Crippen molar-refractivity contribution in [3.8, 4) is 5.75 Å². The number of carbonyl (C=O) groups is 2. The summed E-state index contributed by atoms with van der Waals surface area (Å²) in [4.78, 5) is 24.7. The van der Waals surface area contributed by atoms with Crippen molar-refractivity contribution in [3.05, 3.63) is 28.8 Å². The first-order valence-electron chi connectivity index (χ1n) is 6.48. The van der Waals surface area contributed by atoms with Crippen molar-refractivity contribution in [2.45, 2.75) is 18.9 Å². The summed E-state index contributed by atoms with van der Waals surface area (Å²) >= 11 is 0. The summed E-state index contributed by atoms with van der Waals surface area (Å²) in [6.45, 7) is 2.60. The van der Waals surface area contributed by atoms with Crippen LogP contribution in [-0.2, 0) is 0 Å². The first-order valence-corrected chi connectivity index (χ1v) is 6.48. The van der Waals surface area contributed by atoms with Crippen LogP contribution in [0, 0.1) is 6.92 Å². The standard InChI is InChI=1S/C14H16N2O4/c1-7-3-8(20-2)4-9-10-5-16(14(18)19)6-11(10)15-13(17)12(7)9/h3-4,10-11H,5-6H2,1-2H3,(H,15,17)(H,18,19). The van der Waals surface area contributed by atoms with E-state index in [-0.39, 0.29) is 17.9 Å². The fourth-order valence-corrected chi connectivity index (χ4v) is 3.16. The molecule has 2 aliphatic rings. The number of nitrogens with zero attached hydrogens (tertiary/aromatic N) is 1. The Bertz CT molecular complexity index is 599. The maximum Gasteiger partial charge on any atom is 0.407 e. The van der Waals surface area contributed by atoms with Crippen molar-refractivity contribution in [3.63, 3.8) is 0 Å². The molecule has 1 saturated heterocycles. The van der Waals surface area contributed by atoms with Crippen LogP contribution in [-0.4, -0.2) is 48.2 Å². The summed E-state index contributed by atoms with van der Waals surface area (Å²) < 4.78 is 5.26. The van der Waals surface area contributed by atoms with E-state index in [1.807, 2.05) is 19.1 Å². The van der Waals surface area contributed by atoms with E-state index >= 15 is 0 Å². The number of aryl methyl sites for hydroxylation is 1. The number of likely N-dealkylation sites (tertiary alicyclic amines) is 1. The number of carbonyl (C=O) groups excluding carboxylic acids is 1. The second-order valence-corrected chi connectivity index (χ2v) is 5.28. The third-order valence-corrected chi connectivity index (χ3v) is 4.11. The van der Waals surface area contributed by atoms with E-state index in [4.69, 9.17) is 9.84 Å². The number of hydrogen-bond acceptors (Lipinski definition) is 3. The molecular formula is C14H16N2O4. The van der Waals surface area contributed by atoms with Crippen LogP contribution in [0.1, 0.15) is 27.4 Å². The van der Waals surface area contributed by atoms with Gasteiger partial charge in [0.1, 0.15) is 5.75 Å². The second-order valence-electron chi connectivity index (χ2n) is 5.28. The lowest BCUT2D eigenvalue weighted by atomic mass is 9.84. The van der Waals surface area contributed by atoms with Crippen molar-refractivity contribution in [1.29, 1.82) is 0 Å². The van der Waals surface area contributed by atoms with Crippen molar-refractivity contribution in [1.82, 2.24) is 10.2 Å². The molecule has 106 valence electrons. The van der Waals surface area contributed by atoms with Gasteiger partial charge in [0.25, 0.3) is 5.91 Å². The molecule has 2 amide bonds. The number of methoxy groups -OCH3 is 1. The Hall–Kier alpha value is -2.24. The van der Waals surface area contributed by atoms with Gasteiger partial charge in [-0.25, -0.2) is 4.79 Å². The minimum absolute atomic E-state index is 0.00685. The minimum Gasteiger partial charge on any atom is -0.497 e. The SMILES string of the molecule is COc1cc(C)c2c(c1)C1CN(C(=O)O)CC1NC2=O. The first-order chi connectivity index (χ1) is 9.51. The number of rotatable bonds is 1. The monoisotopic (exact) mass is 276 g/mol. The lowest BCUT2D eigenvalue weighted by molar-refractivity contribution is 0.0920. The largest absolute Gasteiger partial charge is 0.497 e. The Morgan fingerprint density at radius 2 is 2.20 bits per heavy atom. The highest BCUT2D eigenvalue weighted by atomic mass is 16.5. The maximum atomic E-state index is 12.2. The van der Waals surface area contributed by atoms with E-state index in [9.17, 15) is 9.59 Å². The van der Waals surface area contributed by atoms with Crippen molar-refractivity contribution in [2.24, 2.45) is 0 Å². The van der Waals surface area contributed by atoms with Gasteiger partial charge in [-0.15, -0.1) is 0 Å². The quantitative estimate of drug-likeness (QED) is 0.807. The minimum atomic E-state index is -0.949. The zero-order valence-electron chi connectivity index (χ0n) is 11.3. The molecule has 2 heterocycles. The van der Waals surface area contributed by atoms with E-state index in [0.717, 1.165) is 11.1 Å². The molecule has 1 aromatic carbocycles.